The highest BCUT2D eigenvalue weighted by Crippen LogP contribution is 2.27. The molecule has 0 saturated carbocycles. The van der Waals surface area contributed by atoms with E-state index in [1.807, 2.05) is 0 Å². The average molecular weight is 390 g/mol. The molecule has 1 aromatic heterocycles. The minimum Gasteiger partial charge on any atom is -0.322 e. The summed E-state index contributed by atoms with van der Waals surface area (Å²) in [4.78, 5) is 48.9. The number of pyridine rings is 1. The molecule has 29 heavy (non-hydrogen) atoms. The summed E-state index contributed by atoms with van der Waals surface area (Å²) in [5, 5.41) is 8.62. The van der Waals surface area contributed by atoms with Crippen LogP contribution in [0.25, 0.3) is 10.8 Å². The van der Waals surface area contributed by atoms with Gasteiger partial charge in [-0.3, -0.25) is 19.7 Å². The van der Waals surface area contributed by atoms with Gasteiger partial charge in [-0.2, -0.15) is 0 Å². The Balaban J connectivity index is 1.70. The van der Waals surface area contributed by atoms with Crippen molar-refractivity contribution in [3.05, 3.63) is 76.2 Å². The van der Waals surface area contributed by atoms with Gasteiger partial charge in [0.2, 0.25) is 0 Å². The molecule has 4 amide bonds. The van der Waals surface area contributed by atoms with Crippen molar-refractivity contribution in [2.75, 3.05) is 5.32 Å². The number of carbonyl (C=O) groups is 3. The average Bonchev–Trinajstić information content (AvgIpc) is 2.97. The number of carbonyl (C=O) groups excluding carboxylic acids is 3. The van der Waals surface area contributed by atoms with Crippen molar-refractivity contribution in [1.82, 2.24) is 15.2 Å². The second-order valence-electron chi connectivity index (χ2n) is 7.07. The van der Waals surface area contributed by atoms with Crippen LogP contribution in [0.4, 0.5) is 10.5 Å². The van der Waals surface area contributed by atoms with E-state index in [1.165, 1.54) is 10.8 Å². The number of rotatable bonds is 3. The molecule has 8 heteroatoms. The second kappa shape index (κ2) is 6.59. The number of fused-ring (bicyclic) bond motifs is 1. The maximum atomic E-state index is 12.9. The van der Waals surface area contributed by atoms with E-state index in [0.717, 1.165) is 0 Å². The number of hydrogen-bond acceptors (Lipinski definition) is 4. The highest BCUT2D eigenvalue weighted by atomic mass is 16.2. The van der Waals surface area contributed by atoms with Crippen molar-refractivity contribution < 1.29 is 14.4 Å². The summed E-state index contributed by atoms with van der Waals surface area (Å²) in [6.07, 6.45) is 1.50. The first-order valence-corrected chi connectivity index (χ1v) is 8.93. The van der Waals surface area contributed by atoms with Crippen LogP contribution in [-0.4, -0.2) is 22.4 Å². The van der Waals surface area contributed by atoms with Gasteiger partial charge in [-0.15, -0.1) is 0 Å². The van der Waals surface area contributed by atoms with E-state index in [2.05, 4.69) is 16.0 Å². The van der Waals surface area contributed by atoms with Gasteiger partial charge in [0, 0.05) is 29.7 Å². The zero-order chi connectivity index (χ0) is 20.8. The first kappa shape index (κ1) is 18.4. The van der Waals surface area contributed by atoms with E-state index >= 15 is 0 Å². The third kappa shape index (κ3) is 3.04. The Hall–Kier alpha value is -3.94. The van der Waals surface area contributed by atoms with Crippen molar-refractivity contribution >= 4 is 34.3 Å². The van der Waals surface area contributed by atoms with Crippen molar-refractivity contribution in [2.24, 2.45) is 7.05 Å². The zero-order valence-corrected chi connectivity index (χ0v) is 15.8. The lowest BCUT2D eigenvalue weighted by Crippen LogP contribution is -2.40. The largest absolute Gasteiger partial charge is 0.322 e. The molecular formula is C21H18N4O4. The first-order chi connectivity index (χ1) is 13.8. The Morgan fingerprint density at radius 3 is 2.45 bits per heavy atom. The Bertz CT molecular complexity index is 1250. The molecule has 1 aliphatic heterocycles. The molecule has 1 aliphatic rings. The van der Waals surface area contributed by atoms with Gasteiger partial charge < -0.3 is 15.2 Å². The molecule has 0 bridgehead atoms. The lowest BCUT2D eigenvalue weighted by molar-refractivity contribution is -0.123. The summed E-state index contributed by atoms with van der Waals surface area (Å²) >= 11 is 0. The van der Waals surface area contributed by atoms with Crippen LogP contribution in [0.1, 0.15) is 22.8 Å². The molecule has 0 aliphatic carbocycles. The van der Waals surface area contributed by atoms with Gasteiger partial charge in [-0.1, -0.05) is 30.3 Å². The van der Waals surface area contributed by atoms with Gasteiger partial charge in [0.1, 0.15) is 5.54 Å². The van der Waals surface area contributed by atoms with Crippen LogP contribution in [0.3, 0.4) is 0 Å². The molecule has 1 atom stereocenters. The Kier molecular flexibility index (Phi) is 4.19. The Labute approximate surface area is 165 Å². The van der Waals surface area contributed by atoms with Crippen LogP contribution in [0.5, 0.6) is 0 Å². The number of amides is 4. The van der Waals surface area contributed by atoms with Crippen molar-refractivity contribution in [1.29, 1.82) is 0 Å². The molecule has 1 fully saturated rings. The summed E-state index contributed by atoms with van der Waals surface area (Å²) in [6, 6.07) is 13.0. The van der Waals surface area contributed by atoms with Crippen LogP contribution in [0.2, 0.25) is 0 Å². The Morgan fingerprint density at radius 2 is 1.76 bits per heavy atom. The number of nitrogens with zero attached hydrogens (tertiary/aromatic N) is 1. The van der Waals surface area contributed by atoms with Crippen LogP contribution in [0.15, 0.2) is 59.5 Å². The zero-order valence-electron chi connectivity index (χ0n) is 15.8. The van der Waals surface area contributed by atoms with E-state index in [0.29, 0.717) is 27.6 Å². The molecule has 0 spiro atoms. The molecule has 8 nitrogen and oxygen atoms in total. The quantitative estimate of drug-likeness (QED) is 0.593. The fourth-order valence-corrected chi connectivity index (χ4v) is 3.45. The molecule has 0 radical (unpaired) electrons. The number of urea groups is 1. The molecule has 3 aromatic rings. The minimum atomic E-state index is -1.22. The number of benzene rings is 2. The van der Waals surface area contributed by atoms with Crippen molar-refractivity contribution in [2.45, 2.75) is 12.5 Å². The fourth-order valence-electron chi connectivity index (χ4n) is 3.45. The lowest BCUT2D eigenvalue weighted by atomic mass is 9.92. The molecule has 3 N–H and O–H groups in total. The first-order valence-electron chi connectivity index (χ1n) is 8.93. The third-order valence-corrected chi connectivity index (χ3v) is 5.08. The van der Waals surface area contributed by atoms with Gasteiger partial charge in [0.25, 0.3) is 17.4 Å². The van der Waals surface area contributed by atoms with Crippen LogP contribution >= 0.6 is 0 Å². The molecule has 1 unspecified atom stereocenters. The van der Waals surface area contributed by atoms with Gasteiger partial charge >= 0.3 is 6.03 Å². The molecule has 2 heterocycles. The predicted octanol–water partition coefficient (Wildman–Crippen LogP) is 1.85. The summed E-state index contributed by atoms with van der Waals surface area (Å²) in [5.74, 6) is -0.853. The highest BCUT2D eigenvalue weighted by Gasteiger charge is 2.43. The smallest absolute Gasteiger partial charge is 0.322 e. The number of anilines is 1. The van der Waals surface area contributed by atoms with Crippen molar-refractivity contribution in [3.8, 4) is 0 Å². The number of hydrogen-bond donors (Lipinski definition) is 3. The summed E-state index contributed by atoms with van der Waals surface area (Å²) in [5.41, 5.74) is -0.0629. The van der Waals surface area contributed by atoms with Gasteiger partial charge in [-0.25, -0.2) is 4.79 Å². The van der Waals surface area contributed by atoms with Crippen LogP contribution in [-0.2, 0) is 17.4 Å². The maximum absolute atomic E-state index is 12.9. The summed E-state index contributed by atoms with van der Waals surface area (Å²) in [6.45, 7) is 1.59. The SMILES string of the molecule is Cn1cc(C(=O)Nc2cccc(C3(C)NC(=O)NC3=O)c2)c2ccccc2c1=O. The van der Waals surface area contributed by atoms with Crippen molar-refractivity contribution in [3.63, 3.8) is 0 Å². The highest BCUT2D eigenvalue weighted by molar-refractivity contribution is 6.12. The maximum Gasteiger partial charge on any atom is 0.322 e. The summed E-state index contributed by atoms with van der Waals surface area (Å²) in [7, 11) is 1.59. The molecule has 1 saturated heterocycles. The van der Waals surface area contributed by atoms with Crippen LogP contribution < -0.4 is 21.5 Å². The van der Waals surface area contributed by atoms with Crippen LogP contribution in [0, 0.1) is 0 Å². The number of imide groups is 1. The monoisotopic (exact) mass is 390 g/mol. The standard InChI is InChI=1S/C21H18N4O4/c1-21(19(28)23-20(29)24-21)12-6-5-7-13(10-12)22-17(26)16-11-25(2)18(27)15-9-4-3-8-14(15)16/h3-11H,1-2H3,(H,22,26)(H2,23,24,28,29). The van der Waals surface area contributed by atoms with E-state index in [-0.39, 0.29) is 11.5 Å². The minimum absolute atomic E-state index is 0.185. The fraction of sp³-hybridized carbons (Fsp3) is 0.143. The van der Waals surface area contributed by atoms with Gasteiger partial charge in [-0.05, 0) is 30.7 Å². The molecule has 2 aromatic carbocycles. The summed E-state index contributed by atoms with van der Waals surface area (Å²) < 4.78 is 1.37. The van der Waals surface area contributed by atoms with E-state index in [1.54, 1.807) is 62.5 Å². The van der Waals surface area contributed by atoms with E-state index in [4.69, 9.17) is 0 Å². The number of nitrogens with one attached hydrogen (secondary N) is 3. The topological polar surface area (TPSA) is 109 Å². The third-order valence-electron chi connectivity index (χ3n) is 5.08. The van der Waals surface area contributed by atoms with Gasteiger partial charge in [0.15, 0.2) is 0 Å². The van der Waals surface area contributed by atoms with Gasteiger partial charge in [0.05, 0.1) is 5.56 Å². The number of aryl methyl sites for hydroxylation is 1. The predicted molar refractivity (Wildman–Crippen MR) is 108 cm³/mol. The molecule has 4 rings (SSSR count). The molecular weight excluding hydrogens is 372 g/mol. The Morgan fingerprint density at radius 1 is 1.03 bits per heavy atom. The molecule has 146 valence electrons. The normalized spacial score (nSPS) is 18.4. The van der Waals surface area contributed by atoms with E-state index in [9.17, 15) is 19.2 Å². The second-order valence-corrected chi connectivity index (χ2v) is 7.07. The lowest BCUT2D eigenvalue weighted by Gasteiger charge is -2.21. The van der Waals surface area contributed by atoms with E-state index < -0.39 is 17.5 Å². The number of aromatic nitrogens is 1.